The van der Waals surface area contributed by atoms with Crippen LogP contribution in [-0.4, -0.2) is 41.3 Å². The molecule has 0 radical (unpaired) electrons. The first kappa shape index (κ1) is 19.7. The quantitative estimate of drug-likeness (QED) is 0.773. The molecule has 0 heterocycles. The molecule has 1 N–H and O–H groups in total. The molecule has 0 amide bonds. The molecule has 7 atom stereocenters. The van der Waals surface area contributed by atoms with Crippen LogP contribution in [0.25, 0.3) is 0 Å². The Hall–Kier alpha value is -1.07. The number of aliphatic hydroxyl groups is 1. The van der Waals surface area contributed by atoms with Crippen LogP contribution >= 0.6 is 0 Å². The minimum absolute atomic E-state index is 0.0391. The maximum absolute atomic E-state index is 13.7. The molecule has 0 aromatic heterocycles. The van der Waals surface area contributed by atoms with Gasteiger partial charge in [-0.25, -0.2) is 0 Å². The van der Waals surface area contributed by atoms with Gasteiger partial charge in [0, 0.05) is 36.7 Å². The maximum Gasteiger partial charge on any atom is 0.164 e. The Labute approximate surface area is 155 Å². The molecule has 0 aliphatic heterocycles. The van der Waals surface area contributed by atoms with Crippen molar-refractivity contribution < 1.29 is 24.2 Å². The van der Waals surface area contributed by atoms with E-state index in [1.807, 2.05) is 20.8 Å². The molecule has 0 bridgehead atoms. The largest absolute Gasteiger partial charge is 0.382 e. The smallest absolute Gasteiger partial charge is 0.164 e. The zero-order valence-electron chi connectivity index (χ0n) is 16.8. The van der Waals surface area contributed by atoms with Gasteiger partial charge in [0.15, 0.2) is 5.78 Å². The lowest BCUT2D eigenvalue weighted by atomic mass is 9.64. The summed E-state index contributed by atoms with van der Waals surface area (Å²) in [6.45, 7) is 9.15. The van der Waals surface area contributed by atoms with E-state index >= 15 is 0 Å². The van der Waals surface area contributed by atoms with Crippen molar-refractivity contribution in [3.8, 4) is 0 Å². The Balaban J connectivity index is 2.13. The predicted molar refractivity (Wildman–Crippen MR) is 96.4 cm³/mol. The minimum atomic E-state index is -1.50. The molecule has 5 heteroatoms. The van der Waals surface area contributed by atoms with Crippen LogP contribution in [0, 0.1) is 34.5 Å². The van der Waals surface area contributed by atoms with E-state index < -0.39 is 16.4 Å². The summed E-state index contributed by atoms with van der Waals surface area (Å²) in [5, 5.41) is 10.9. The summed E-state index contributed by atoms with van der Waals surface area (Å²) in [5.74, 6) is -0.807. The highest BCUT2D eigenvalue weighted by atomic mass is 16.5. The highest BCUT2D eigenvalue weighted by Crippen LogP contribution is 2.58. The van der Waals surface area contributed by atoms with Crippen LogP contribution in [0.4, 0.5) is 0 Å². The second kappa shape index (κ2) is 5.96. The van der Waals surface area contributed by atoms with Crippen molar-refractivity contribution in [2.45, 2.75) is 72.0 Å². The van der Waals surface area contributed by atoms with Gasteiger partial charge >= 0.3 is 0 Å². The lowest BCUT2D eigenvalue weighted by Gasteiger charge is -2.37. The molecule has 5 nitrogen and oxygen atoms in total. The fourth-order valence-electron chi connectivity index (χ4n) is 6.14. The van der Waals surface area contributed by atoms with Gasteiger partial charge in [-0.15, -0.1) is 0 Å². The topological polar surface area (TPSA) is 80.7 Å². The molecule has 0 spiro atoms. The lowest BCUT2D eigenvalue weighted by Crippen LogP contribution is -2.42. The Morgan fingerprint density at radius 3 is 2.27 bits per heavy atom. The molecule has 0 aromatic rings. The summed E-state index contributed by atoms with van der Waals surface area (Å²) >= 11 is 0. The molecule has 146 valence electrons. The van der Waals surface area contributed by atoms with Crippen LogP contribution in [0.5, 0.6) is 0 Å². The van der Waals surface area contributed by atoms with Crippen molar-refractivity contribution in [3.05, 3.63) is 0 Å². The van der Waals surface area contributed by atoms with Gasteiger partial charge in [-0.2, -0.15) is 0 Å². The van der Waals surface area contributed by atoms with Crippen molar-refractivity contribution in [1.82, 2.24) is 0 Å². The number of rotatable bonds is 1. The summed E-state index contributed by atoms with van der Waals surface area (Å²) in [6.07, 6.45) is 1.02. The molecular formula is C21H32O5. The molecular weight excluding hydrogens is 332 g/mol. The Bertz CT molecular complexity index is 649. The fourth-order valence-corrected chi connectivity index (χ4v) is 6.14. The van der Waals surface area contributed by atoms with E-state index in [1.54, 1.807) is 14.0 Å². The average molecular weight is 364 g/mol. The number of hydrogen-bond acceptors (Lipinski definition) is 5. The molecule has 0 saturated heterocycles. The number of methoxy groups -OCH3 is 1. The third-order valence-corrected chi connectivity index (χ3v) is 7.81. The number of hydrogen-bond donors (Lipinski definition) is 1. The minimum Gasteiger partial charge on any atom is -0.382 e. The molecule has 3 aliphatic carbocycles. The predicted octanol–water partition coefficient (Wildman–Crippen LogP) is 2.58. The zero-order chi connectivity index (χ0) is 19.7. The molecule has 3 rings (SSSR count). The fraction of sp³-hybridized carbons (Fsp3) is 0.857. The number of carbonyl (C=O) groups excluding carboxylic acids is 3. The van der Waals surface area contributed by atoms with Crippen LogP contribution in [0.15, 0.2) is 0 Å². The van der Waals surface area contributed by atoms with E-state index in [0.29, 0.717) is 6.42 Å². The standard InChI is InChI=1S/C21H32O5/c1-11-7-12-13(17(11)26-6)9-21(5,25)15(22)8-14-19(2,3)16(23)10-20(14,4)18(12)24/h11-14,17,25H,7-10H2,1-6H3/t11-,12+,13+,14+,17+,20-,21-/m1/s1. The van der Waals surface area contributed by atoms with Crippen molar-refractivity contribution in [2.75, 3.05) is 7.11 Å². The van der Waals surface area contributed by atoms with Crippen molar-refractivity contribution in [3.63, 3.8) is 0 Å². The molecule has 0 aromatic carbocycles. The zero-order valence-corrected chi connectivity index (χ0v) is 16.8. The third kappa shape index (κ3) is 2.62. The highest BCUT2D eigenvalue weighted by Gasteiger charge is 2.63. The van der Waals surface area contributed by atoms with E-state index in [2.05, 4.69) is 6.92 Å². The van der Waals surface area contributed by atoms with Gasteiger partial charge in [0.25, 0.3) is 0 Å². The van der Waals surface area contributed by atoms with E-state index in [-0.39, 0.29) is 66.4 Å². The number of Topliss-reactive ketones (excluding diaryl/α,β-unsaturated/α-hetero) is 3. The summed E-state index contributed by atoms with van der Waals surface area (Å²) in [7, 11) is 1.63. The molecule has 3 fully saturated rings. The summed E-state index contributed by atoms with van der Waals surface area (Å²) in [6, 6.07) is 0. The second-order valence-electron chi connectivity index (χ2n) is 9.94. The summed E-state index contributed by atoms with van der Waals surface area (Å²) < 4.78 is 5.67. The Morgan fingerprint density at radius 1 is 1.08 bits per heavy atom. The van der Waals surface area contributed by atoms with E-state index in [0.717, 1.165) is 0 Å². The first-order chi connectivity index (χ1) is 11.9. The molecule has 3 saturated carbocycles. The van der Waals surface area contributed by atoms with Crippen LogP contribution in [0.3, 0.4) is 0 Å². The van der Waals surface area contributed by atoms with Crippen molar-refractivity contribution in [2.24, 2.45) is 34.5 Å². The van der Waals surface area contributed by atoms with Crippen LogP contribution in [-0.2, 0) is 19.1 Å². The molecule has 3 aliphatic rings. The first-order valence-electron chi connectivity index (χ1n) is 9.72. The van der Waals surface area contributed by atoms with E-state index in [1.165, 1.54) is 0 Å². The van der Waals surface area contributed by atoms with Gasteiger partial charge < -0.3 is 9.84 Å². The van der Waals surface area contributed by atoms with E-state index in [9.17, 15) is 19.5 Å². The first-order valence-corrected chi connectivity index (χ1v) is 9.72. The van der Waals surface area contributed by atoms with Gasteiger partial charge in [0.2, 0.25) is 0 Å². The van der Waals surface area contributed by atoms with E-state index in [4.69, 9.17) is 4.74 Å². The number of fused-ring (bicyclic) bond motifs is 2. The van der Waals surface area contributed by atoms with Crippen LogP contribution in [0.2, 0.25) is 0 Å². The van der Waals surface area contributed by atoms with Crippen LogP contribution < -0.4 is 0 Å². The van der Waals surface area contributed by atoms with Gasteiger partial charge in [0.1, 0.15) is 17.2 Å². The maximum atomic E-state index is 13.7. The number of ether oxygens (including phenoxy) is 1. The molecule has 26 heavy (non-hydrogen) atoms. The Kier molecular flexibility index (Phi) is 4.52. The van der Waals surface area contributed by atoms with Gasteiger partial charge in [0.05, 0.1) is 6.10 Å². The van der Waals surface area contributed by atoms with Crippen molar-refractivity contribution >= 4 is 17.3 Å². The van der Waals surface area contributed by atoms with Gasteiger partial charge in [-0.1, -0.05) is 27.7 Å². The monoisotopic (exact) mass is 364 g/mol. The van der Waals surface area contributed by atoms with Crippen molar-refractivity contribution in [1.29, 1.82) is 0 Å². The second-order valence-corrected chi connectivity index (χ2v) is 9.94. The summed E-state index contributed by atoms with van der Waals surface area (Å²) in [4.78, 5) is 39.4. The highest BCUT2D eigenvalue weighted by molar-refractivity contribution is 6.00. The van der Waals surface area contributed by atoms with Crippen LogP contribution in [0.1, 0.15) is 60.3 Å². The Morgan fingerprint density at radius 2 is 1.69 bits per heavy atom. The average Bonchev–Trinajstić information content (AvgIpc) is 2.93. The lowest BCUT2D eigenvalue weighted by molar-refractivity contribution is -0.141. The van der Waals surface area contributed by atoms with Gasteiger partial charge in [-0.3, -0.25) is 14.4 Å². The normalized spacial score (nSPS) is 48.6. The molecule has 0 unspecified atom stereocenters. The van der Waals surface area contributed by atoms with Gasteiger partial charge in [-0.05, 0) is 37.5 Å². The summed E-state index contributed by atoms with van der Waals surface area (Å²) in [5.41, 5.74) is -3.08. The third-order valence-electron chi connectivity index (χ3n) is 7.81. The number of carbonyl (C=O) groups is 3. The number of ketones is 3. The SMILES string of the molecule is CO[C@@H]1[C@H]2C[C@@](C)(O)C(=O)C[C@H]3C(C)(C)C(=O)C[C@@]3(C)C(=O)[C@H]2C[C@H]1C.